The van der Waals surface area contributed by atoms with E-state index in [0.717, 1.165) is 18.4 Å². The average Bonchev–Trinajstić information content (AvgIpc) is 2.52. The zero-order valence-electron chi connectivity index (χ0n) is 13.0. The van der Waals surface area contributed by atoms with E-state index in [4.69, 9.17) is 14.2 Å². The number of rotatable bonds is 5. The maximum Gasteiger partial charge on any atom is 0.308 e. The molecule has 4 nitrogen and oxygen atoms in total. The summed E-state index contributed by atoms with van der Waals surface area (Å²) < 4.78 is 17.4. The minimum Gasteiger partial charge on any atom is -0.459 e. The second kappa shape index (κ2) is 7.05. The van der Waals surface area contributed by atoms with Crippen LogP contribution in [-0.2, 0) is 24.8 Å². The lowest BCUT2D eigenvalue weighted by atomic mass is 10.0. The molecular formula is C17H24O4. The van der Waals surface area contributed by atoms with Crippen molar-refractivity contribution in [1.82, 2.24) is 0 Å². The number of ether oxygens (including phenoxy) is 3. The minimum absolute atomic E-state index is 0.0706. The Morgan fingerprint density at radius 2 is 2.14 bits per heavy atom. The summed E-state index contributed by atoms with van der Waals surface area (Å²) in [4.78, 5) is 11.9. The largest absolute Gasteiger partial charge is 0.459 e. The lowest BCUT2D eigenvalue weighted by Gasteiger charge is -2.40. The Labute approximate surface area is 126 Å². The van der Waals surface area contributed by atoms with Crippen molar-refractivity contribution in [2.75, 3.05) is 13.2 Å². The summed E-state index contributed by atoms with van der Waals surface area (Å²) in [5.41, 5.74) is 0.883. The van der Waals surface area contributed by atoms with Crippen LogP contribution in [0.25, 0.3) is 0 Å². The highest BCUT2D eigenvalue weighted by molar-refractivity contribution is 5.71. The molecule has 0 aliphatic carbocycles. The van der Waals surface area contributed by atoms with E-state index < -0.39 is 5.79 Å². The molecule has 0 spiro atoms. The highest BCUT2D eigenvalue weighted by Gasteiger charge is 2.41. The molecule has 0 saturated carbocycles. The van der Waals surface area contributed by atoms with Gasteiger partial charge in [0, 0.05) is 5.56 Å². The average molecular weight is 292 g/mol. The lowest BCUT2D eigenvalue weighted by molar-refractivity contribution is -0.314. The fourth-order valence-corrected chi connectivity index (χ4v) is 2.29. The molecule has 1 saturated heterocycles. The van der Waals surface area contributed by atoms with Crippen LogP contribution in [0.1, 0.15) is 39.2 Å². The van der Waals surface area contributed by atoms with Crippen LogP contribution in [0.3, 0.4) is 0 Å². The van der Waals surface area contributed by atoms with Gasteiger partial charge in [0.1, 0.15) is 6.61 Å². The fraction of sp³-hybridized carbons (Fsp3) is 0.588. The molecule has 1 aliphatic rings. The number of carbonyl (C=O) groups excluding carboxylic acids is 1. The van der Waals surface area contributed by atoms with Crippen LogP contribution in [0.5, 0.6) is 0 Å². The minimum atomic E-state index is -0.984. The Hall–Kier alpha value is -1.39. The Morgan fingerprint density at radius 1 is 1.43 bits per heavy atom. The number of carbonyl (C=O) groups is 1. The molecule has 3 atom stereocenters. The molecule has 1 aliphatic heterocycles. The Balaban J connectivity index is 2.15. The number of benzene rings is 1. The second-order valence-electron chi connectivity index (χ2n) is 5.60. The van der Waals surface area contributed by atoms with Crippen molar-refractivity contribution in [3.05, 3.63) is 35.9 Å². The van der Waals surface area contributed by atoms with E-state index in [-0.39, 0.29) is 24.6 Å². The lowest BCUT2D eigenvalue weighted by Crippen LogP contribution is -2.45. The molecule has 1 heterocycles. The quantitative estimate of drug-likeness (QED) is 0.781. The van der Waals surface area contributed by atoms with Crippen molar-refractivity contribution in [3.8, 4) is 0 Å². The maximum absolute atomic E-state index is 11.9. The van der Waals surface area contributed by atoms with Crippen molar-refractivity contribution >= 4 is 5.97 Å². The predicted octanol–water partition coefficient (Wildman–Crippen LogP) is 3.25. The molecule has 4 heteroatoms. The van der Waals surface area contributed by atoms with Gasteiger partial charge in [-0.25, -0.2) is 0 Å². The van der Waals surface area contributed by atoms with Crippen LogP contribution in [0.4, 0.5) is 0 Å². The van der Waals surface area contributed by atoms with Crippen LogP contribution in [-0.4, -0.2) is 25.3 Å². The van der Waals surface area contributed by atoms with Gasteiger partial charge in [0.15, 0.2) is 0 Å². The highest BCUT2D eigenvalue weighted by Crippen LogP contribution is 2.33. The van der Waals surface area contributed by atoms with Crippen molar-refractivity contribution < 1.29 is 19.0 Å². The summed E-state index contributed by atoms with van der Waals surface area (Å²) >= 11 is 0. The summed E-state index contributed by atoms with van der Waals surface area (Å²) in [6.45, 7) is 6.52. The van der Waals surface area contributed by atoms with Gasteiger partial charge in [-0.1, -0.05) is 44.2 Å². The van der Waals surface area contributed by atoms with Crippen LogP contribution in [0.15, 0.2) is 30.3 Å². The van der Waals surface area contributed by atoms with E-state index in [1.165, 1.54) is 0 Å². The Kier molecular flexibility index (Phi) is 5.37. The smallest absolute Gasteiger partial charge is 0.308 e. The molecule has 0 bridgehead atoms. The first-order valence-corrected chi connectivity index (χ1v) is 7.61. The van der Waals surface area contributed by atoms with Crippen LogP contribution >= 0.6 is 0 Å². The molecule has 2 rings (SSSR count). The Bertz CT molecular complexity index is 459. The van der Waals surface area contributed by atoms with Crippen molar-refractivity contribution in [2.24, 2.45) is 5.92 Å². The van der Waals surface area contributed by atoms with Crippen molar-refractivity contribution in [1.29, 1.82) is 0 Å². The molecule has 1 unspecified atom stereocenters. The van der Waals surface area contributed by atoms with E-state index in [1.807, 2.05) is 51.1 Å². The van der Waals surface area contributed by atoms with E-state index in [1.54, 1.807) is 0 Å². The standard InChI is InChI=1S/C17H24O4/c1-4-13(2)16(18)19-12-17(15-8-6-5-7-9-15)20-11-10-14(3)21-17/h5-9,13-14H,4,10-12H2,1-3H3/t13?,14-,17+/m1/s1. The van der Waals surface area contributed by atoms with Gasteiger partial charge in [0.2, 0.25) is 5.79 Å². The van der Waals surface area contributed by atoms with Crippen LogP contribution in [0.2, 0.25) is 0 Å². The van der Waals surface area contributed by atoms with Crippen molar-refractivity contribution in [2.45, 2.75) is 45.5 Å². The summed E-state index contributed by atoms with van der Waals surface area (Å²) in [5, 5.41) is 0. The summed E-state index contributed by atoms with van der Waals surface area (Å²) in [7, 11) is 0. The van der Waals surface area contributed by atoms with Crippen LogP contribution in [0, 0.1) is 5.92 Å². The van der Waals surface area contributed by atoms with Gasteiger partial charge in [-0.2, -0.15) is 0 Å². The second-order valence-corrected chi connectivity index (χ2v) is 5.60. The van der Waals surface area contributed by atoms with Gasteiger partial charge >= 0.3 is 5.97 Å². The van der Waals surface area contributed by atoms with Gasteiger partial charge in [-0.3, -0.25) is 4.79 Å². The third-order valence-corrected chi connectivity index (χ3v) is 3.88. The molecular weight excluding hydrogens is 268 g/mol. The molecule has 0 radical (unpaired) electrons. The molecule has 0 aromatic heterocycles. The molecule has 1 aromatic carbocycles. The van der Waals surface area contributed by atoms with E-state index in [0.29, 0.717) is 6.61 Å². The molecule has 1 aromatic rings. The predicted molar refractivity (Wildman–Crippen MR) is 79.7 cm³/mol. The maximum atomic E-state index is 11.9. The SMILES string of the molecule is CCC(C)C(=O)OC[C@]1(c2ccccc2)OCC[C@@H](C)O1. The topological polar surface area (TPSA) is 44.8 Å². The van der Waals surface area contributed by atoms with Gasteiger partial charge in [0.05, 0.1) is 18.6 Å². The normalized spacial score (nSPS) is 27.1. The zero-order valence-corrected chi connectivity index (χ0v) is 13.0. The first-order valence-electron chi connectivity index (χ1n) is 7.61. The van der Waals surface area contributed by atoms with Crippen molar-refractivity contribution in [3.63, 3.8) is 0 Å². The van der Waals surface area contributed by atoms with Gasteiger partial charge in [-0.05, 0) is 19.8 Å². The summed E-state index contributed by atoms with van der Waals surface area (Å²) in [6.07, 6.45) is 1.67. The van der Waals surface area contributed by atoms with Gasteiger partial charge in [0.25, 0.3) is 0 Å². The van der Waals surface area contributed by atoms with Gasteiger partial charge < -0.3 is 14.2 Å². The summed E-state index contributed by atoms with van der Waals surface area (Å²) in [6, 6.07) is 9.68. The van der Waals surface area contributed by atoms with E-state index in [9.17, 15) is 4.79 Å². The molecule has 1 fully saturated rings. The molecule has 116 valence electrons. The Morgan fingerprint density at radius 3 is 2.76 bits per heavy atom. The number of hydrogen-bond donors (Lipinski definition) is 0. The van der Waals surface area contributed by atoms with Crippen LogP contribution < -0.4 is 0 Å². The first-order chi connectivity index (χ1) is 10.1. The fourth-order valence-electron chi connectivity index (χ4n) is 2.29. The molecule has 0 N–H and O–H groups in total. The molecule has 21 heavy (non-hydrogen) atoms. The van der Waals surface area contributed by atoms with E-state index >= 15 is 0 Å². The van der Waals surface area contributed by atoms with Gasteiger partial charge in [-0.15, -0.1) is 0 Å². The molecule has 0 amide bonds. The third kappa shape index (κ3) is 3.83. The number of hydrogen-bond acceptors (Lipinski definition) is 4. The monoisotopic (exact) mass is 292 g/mol. The first kappa shape index (κ1) is 16.0. The highest BCUT2D eigenvalue weighted by atomic mass is 16.7. The van der Waals surface area contributed by atoms with E-state index in [2.05, 4.69) is 0 Å². The third-order valence-electron chi connectivity index (χ3n) is 3.88. The summed E-state index contributed by atoms with van der Waals surface area (Å²) in [5.74, 6) is -1.31. The zero-order chi connectivity index (χ0) is 15.3. The number of esters is 1.